The Balaban J connectivity index is 1.70. The van der Waals surface area contributed by atoms with Gasteiger partial charge in [0, 0.05) is 25.5 Å². The molecule has 4 aromatic rings. The summed E-state index contributed by atoms with van der Waals surface area (Å²) in [6, 6.07) is 17.1. The molecule has 1 atom stereocenters. The first-order valence-corrected chi connectivity index (χ1v) is 10.9. The van der Waals surface area contributed by atoms with Gasteiger partial charge in [-0.25, -0.2) is 9.37 Å². The van der Waals surface area contributed by atoms with Gasteiger partial charge in [0.05, 0.1) is 6.20 Å². The molecular weight excluding hydrogens is 460 g/mol. The fourth-order valence-electron chi connectivity index (χ4n) is 3.76. The van der Waals surface area contributed by atoms with Crippen molar-refractivity contribution in [2.45, 2.75) is 31.6 Å². The van der Waals surface area contributed by atoms with Gasteiger partial charge < -0.3 is 9.88 Å². The van der Waals surface area contributed by atoms with E-state index in [9.17, 15) is 22.4 Å². The number of carbonyl (C=O) groups is 1. The number of aromatic nitrogens is 3. The van der Waals surface area contributed by atoms with Crippen molar-refractivity contribution < 1.29 is 22.4 Å². The minimum atomic E-state index is -4.60. The maximum absolute atomic E-state index is 14.2. The van der Waals surface area contributed by atoms with E-state index in [0.29, 0.717) is 11.1 Å². The summed E-state index contributed by atoms with van der Waals surface area (Å²) in [5.41, 5.74) is 1.81. The summed E-state index contributed by atoms with van der Waals surface area (Å²) in [6.45, 7) is 0.0973. The summed E-state index contributed by atoms with van der Waals surface area (Å²) in [4.78, 5) is 21.0. The van der Waals surface area contributed by atoms with Crippen LogP contribution in [0.25, 0.3) is 0 Å². The molecule has 0 spiro atoms. The fraction of sp³-hybridized carbons (Fsp3) is 0.192. The van der Waals surface area contributed by atoms with E-state index >= 15 is 0 Å². The second-order valence-electron chi connectivity index (χ2n) is 8.04. The third kappa shape index (κ3) is 6.11. The lowest BCUT2D eigenvalue weighted by Crippen LogP contribution is -2.29. The van der Waals surface area contributed by atoms with Gasteiger partial charge in [0.15, 0.2) is 0 Å². The second-order valence-corrected chi connectivity index (χ2v) is 8.04. The van der Waals surface area contributed by atoms with E-state index in [2.05, 4.69) is 15.3 Å². The first-order valence-electron chi connectivity index (χ1n) is 10.9. The van der Waals surface area contributed by atoms with Crippen LogP contribution in [0.2, 0.25) is 0 Å². The van der Waals surface area contributed by atoms with Gasteiger partial charge in [-0.1, -0.05) is 42.5 Å². The molecule has 1 N–H and O–H groups in total. The van der Waals surface area contributed by atoms with Crippen molar-refractivity contribution in [1.29, 1.82) is 0 Å². The molecule has 0 aliphatic carbocycles. The van der Waals surface area contributed by atoms with Gasteiger partial charge in [0.25, 0.3) is 5.91 Å². The van der Waals surface area contributed by atoms with Crippen LogP contribution in [0.5, 0.6) is 0 Å². The van der Waals surface area contributed by atoms with Crippen molar-refractivity contribution >= 4 is 5.91 Å². The summed E-state index contributed by atoms with van der Waals surface area (Å²) >= 11 is 0. The van der Waals surface area contributed by atoms with Crippen LogP contribution >= 0.6 is 0 Å². The number of amides is 1. The van der Waals surface area contributed by atoms with E-state index in [4.69, 9.17) is 0 Å². The van der Waals surface area contributed by atoms with Crippen molar-refractivity contribution in [2.24, 2.45) is 0 Å². The monoisotopic (exact) mass is 482 g/mol. The number of pyridine rings is 1. The summed E-state index contributed by atoms with van der Waals surface area (Å²) in [7, 11) is 0. The van der Waals surface area contributed by atoms with E-state index in [-0.39, 0.29) is 31.0 Å². The SMILES string of the molecule is O=C(NCc1ccncc1)c1cnc(C(Cc2ccccc2)C(F)(F)F)n1Cc1ccc(F)cc1. The van der Waals surface area contributed by atoms with Crippen molar-refractivity contribution in [2.75, 3.05) is 0 Å². The smallest absolute Gasteiger partial charge is 0.347 e. The third-order valence-corrected chi connectivity index (χ3v) is 5.56. The Bertz CT molecular complexity index is 1260. The molecule has 1 amide bonds. The molecule has 1 unspecified atom stereocenters. The molecule has 4 rings (SSSR count). The van der Waals surface area contributed by atoms with Crippen molar-refractivity contribution in [3.63, 3.8) is 0 Å². The number of hydrogen-bond acceptors (Lipinski definition) is 3. The molecule has 9 heteroatoms. The first-order chi connectivity index (χ1) is 16.8. The number of alkyl halides is 3. The molecular formula is C26H22F4N4O. The molecule has 2 heterocycles. The predicted octanol–water partition coefficient (Wildman–Crippen LogP) is 5.28. The molecule has 0 bridgehead atoms. The van der Waals surface area contributed by atoms with Crippen LogP contribution in [0.15, 0.2) is 85.3 Å². The largest absolute Gasteiger partial charge is 0.399 e. The zero-order chi connectivity index (χ0) is 24.8. The quantitative estimate of drug-likeness (QED) is 0.348. The minimum absolute atomic E-state index is 0.0132. The van der Waals surface area contributed by atoms with E-state index in [1.807, 2.05) is 0 Å². The van der Waals surface area contributed by atoms with Crippen LogP contribution < -0.4 is 5.32 Å². The second kappa shape index (κ2) is 10.5. The lowest BCUT2D eigenvalue weighted by atomic mass is 9.97. The zero-order valence-electron chi connectivity index (χ0n) is 18.5. The van der Waals surface area contributed by atoms with Gasteiger partial charge in [-0.05, 0) is 47.4 Å². The summed E-state index contributed by atoms with van der Waals surface area (Å²) < 4.78 is 57.4. The molecule has 0 fully saturated rings. The van der Waals surface area contributed by atoms with Crippen molar-refractivity contribution in [3.8, 4) is 0 Å². The molecule has 35 heavy (non-hydrogen) atoms. The Kier molecular flexibility index (Phi) is 7.24. The highest BCUT2D eigenvalue weighted by Crippen LogP contribution is 2.37. The molecule has 0 radical (unpaired) electrons. The Labute approximate surface area is 199 Å². The maximum atomic E-state index is 14.2. The highest BCUT2D eigenvalue weighted by molar-refractivity contribution is 5.92. The van der Waals surface area contributed by atoms with E-state index in [0.717, 1.165) is 11.8 Å². The molecule has 0 saturated heterocycles. The van der Waals surface area contributed by atoms with Crippen molar-refractivity contribution in [1.82, 2.24) is 19.9 Å². The van der Waals surface area contributed by atoms with Gasteiger partial charge in [-0.15, -0.1) is 0 Å². The lowest BCUT2D eigenvalue weighted by molar-refractivity contribution is -0.152. The normalized spacial score (nSPS) is 12.3. The summed E-state index contributed by atoms with van der Waals surface area (Å²) in [5, 5.41) is 2.72. The van der Waals surface area contributed by atoms with Crippen LogP contribution in [0, 0.1) is 5.82 Å². The Morgan fingerprint density at radius 3 is 2.26 bits per heavy atom. The average Bonchev–Trinajstić information content (AvgIpc) is 3.26. The number of halogens is 4. The van der Waals surface area contributed by atoms with Crippen LogP contribution in [-0.4, -0.2) is 26.6 Å². The van der Waals surface area contributed by atoms with Crippen LogP contribution in [-0.2, 0) is 19.5 Å². The minimum Gasteiger partial charge on any atom is -0.347 e. The third-order valence-electron chi connectivity index (χ3n) is 5.56. The maximum Gasteiger partial charge on any atom is 0.399 e. The lowest BCUT2D eigenvalue weighted by Gasteiger charge is -2.22. The van der Waals surface area contributed by atoms with Crippen LogP contribution in [0.3, 0.4) is 0 Å². The molecule has 0 aliphatic rings. The first kappa shape index (κ1) is 24.1. The Morgan fingerprint density at radius 1 is 0.914 bits per heavy atom. The number of carbonyl (C=O) groups excluding carboxylic acids is 1. The molecule has 0 aliphatic heterocycles. The molecule has 5 nitrogen and oxygen atoms in total. The highest BCUT2D eigenvalue weighted by atomic mass is 19.4. The number of imidazole rings is 1. The van der Waals surface area contributed by atoms with Gasteiger partial charge in [-0.2, -0.15) is 13.2 Å². The summed E-state index contributed by atoms with van der Waals surface area (Å²) in [6.07, 6.45) is -0.619. The standard InChI is InChI=1S/C26H22F4N4O/c27-21-8-6-20(7-9-21)17-34-23(25(35)33-15-19-10-12-31-13-11-19)16-32-24(34)22(26(28,29)30)14-18-4-2-1-3-5-18/h1-13,16,22H,14-15,17H2,(H,33,35). The topological polar surface area (TPSA) is 59.8 Å². The number of benzene rings is 2. The van der Waals surface area contributed by atoms with Gasteiger partial charge in [-0.3, -0.25) is 9.78 Å². The van der Waals surface area contributed by atoms with E-state index in [1.165, 1.54) is 28.8 Å². The van der Waals surface area contributed by atoms with E-state index < -0.39 is 23.8 Å². The summed E-state index contributed by atoms with van der Waals surface area (Å²) in [5.74, 6) is -3.25. The van der Waals surface area contributed by atoms with Crippen LogP contribution in [0.4, 0.5) is 17.6 Å². The fourth-order valence-corrected chi connectivity index (χ4v) is 3.76. The van der Waals surface area contributed by atoms with Gasteiger partial charge in [0.1, 0.15) is 23.3 Å². The molecule has 0 saturated carbocycles. The number of nitrogens with zero attached hydrogens (tertiary/aromatic N) is 3. The van der Waals surface area contributed by atoms with Crippen molar-refractivity contribution in [3.05, 3.63) is 119 Å². The molecule has 180 valence electrons. The predicted molar refractivity (Wildman–Crippen MR) is 122 cm³/mol. The Hall–Kier alpha value is -4.01. The van der Waals surface area contributed by atoms with Gasteiger partial charge in [0.2, 0.25) is 0 Å². The number of hydrogen-bond donors (Lipinski definition) is 1. The van der Waals surface area contributed by atoms with Crippen LogP contribution in [0.1, 0.15) is 38.9 Å². The number of nitrogens with one attached hydrogen (secondary N) is 1. The molecule has 2 aromatic heterocycles. The number of rotatable bonds is 8. The highest BCUT2D eigenvalue weighted by Gasteiger charge is 2.44. The Morgan fingerprint density at radius 2 is 1.60 bits per heavy atom. The van der Waals surface area contributed by atoms with Gasteiger partial charge >= 0.3 is 6.18 Å². The zero-order valence-corrected chi connectivity index (χ0v) is 18.5. The van der Waals surface area contributed by atoms with E-state index in [1.54, 1.807) is 54.9 Å². The molecule has 2 aromatic carbocycles. The average molecular weight is 482 g/mol.